The van der Waals surface area contributed by atoms with Gasteiger partial charge in [0, 0.05) is 38.0 Å². The van der Waals surface area contributed by atoms with Crippen LogP contribution in [0.2, 0.25) is 0 Å². The van der Waals surface area contributed by atoms with Crippen molar-refractivity contribution in [2.75, 3.05) is 46.2 Å². The molecule has 1 fully saturated rings. The van der Waals surface area contributed by atoms with Gasteiger partial charge in [-0.15, -0.1) is 0 Å². The Balaban J connectivity index is 1.66. The highest BCUT2D eigenvalue weighted by atomic mass is 32.2. The van der Waals surface area contributed by atoms with Gasteiger partial charge in [-0.3, -0.25) is 4.90 Å². The predicted molar refractivity (Wildman–Crippen MR) is 105 cm³/mol. The number of nitrogens with zero attached hydrogens (tertiary/aromatic N) is 1. The second-order valence-corrected chi connectivity index (χ2v) is 8.61. The average Bonchev–Trinajstić information content (AvgIpc) is 2.68. The molecule has 1 aliphatic heterocycles. The Morgan fingerprint density at radius 2 is 2.00 bits per heavy atom. The van der Waals surface area contributed by atoms with Crippen LogP contribution in [0.1, 0.15) is 11.6 Å². The minimum Gasteiger partial charge on any atom is -0.496 e. The third-order valence-electron chi connectivity index (χ3n) is 4.73. The number of para-hydroxylation sites is 1. The Bertz CT molecular complexity index is 870. The number of methoxy groups -OCH3 is 1. The molecule has 0 radical (unpaired) electrons. The van der Waals surface area contributed by atoms with Crippen molar-refractivity contribution in [2.24, 2.45) is 0 Å². The molecule has 146 valence electrons. The summed E-state index contributed by atoms with van der Waals surface area (Å²) in [5, 5.41) is 3.44. The summed E-state index contributed by atoms with van der Waals surface area (Å²) >= 11 is 0. The Kier molecular flexibility index (Phi) is 6.36. The lowest BCUT2D eigenvalue weighted by atomic mass is 10.0. The summed E-state index contributed by atoms with van der Waals surface area (Å²) in [5.74, 6) is 1.46. The molecule has 1 N–H and O–H groups in total. The zero-order chi connectivity index (χ0) is 19.3. The van der Waals surface area contributed by atoms with Crippen molar-refractivity contribution in [3.05, 3.63) is 54.1 Å². The molecule has 3 rings (SSSR count). The molecule has 0 aliphatic carbocycles. The van der Waals surface area contributed by atoms with E-state index >= 15 is 0 Å². The molecule has 0 aromatic heterocycles. The third-order valence-corrected chi connectivity index (χ3v) is 5.84. The summed E-state index contributed by atoms with van der Waals surface area (Å²) in [7, 11) is -1.54. The third kappa shape index (κ3) is 5.00. The topological polar surface area (TPSA) is 67.9 Å². The van der Waals surface area contributed by atoms with E-state index in [0.29, 0.717) is 12.4 Å². The molecule has 1 unspecified atom stereocenters. The van der Waals surface area contributed by atoms with Gasteiger partial charge in [-0.1, -0.05) is 24.3 Å². The number of piperazine rings is 1. The Labute approximate surface area is 161 Å². The molecular formula is C20H26N2O4S. The Morgan fingerprint density at radius 3 is 2.78 bits per heavy atom. The van der Waals surface area contributed by atoms with Gasteiger partial charge in [-0.25, -0.2) is 8.42 Å². The average molecular weight is 391 g/mol. The minimum atomic E-state index is -3.24. The van der Waals surface area contributed by atoms with E-state index in [2.05, 4.69) is 16.3 Å². The maximum atomic E-state index is 11.7. The number of ether oxygens (including phenoxy) is 2. The lowest BCUT2D eigenvalue weighted by molar-refractivity contribution is 0.132. The number of nitrogens with one attached hydrogen (secondary N) is 1. The van der Waals surface area contributed by atoms with Gasteiger partial charge in [0.25, 0.3) is 0 Å². The van der Waals surface area contributed by atoms with Crippen LogP contribution in [0.25, 0.3) is 0 Å². The van der Waals surface area contributed by atoms with Crippen LogP contribution in [0.4, 0.5) is 0 Å². The van der Waals surface area contributed by atoms with E-state index in [1.807, 2.05) is 18.2 Å². The fourth-order valence-electron chi connectivity index (χ4n) is 3.34. The van der Waals surface area contributed by atoms with Crippen LogP contribution in [0, 0.1) is 0 Å². The zero-order valence-corrected chi connectivity index (χ0v) is 16.5. The van der Waals surface area contributed by atoms with Gasteiger partial charge in [0.05, 0.1) is 18.0 Å². The van der Waals surface area contributed by atoms with Crippen molar-refractivity contribution in [3.63, 3.8) is 0 Å². The van der Waals surface area contributed by atoms with Crippen LogP contribution in [0.5, 0.6) is 11.5 Å². The van der Waals surface area contributed by atoms with E-state index in [1.165, 1.54) is 6.26 Å². The normalized spacial score (nSPS) is 18.2. The molecular weight excluding hydrogens is 364 g/mol. The summed E-state index contributed by atoms with van der Waals surface area (Å²) in [6.45, 7) is 3.92. The summed E-state index contributed by atoms with van der Waals surface area (Å²) in [5.41, 5.74) is 1.16. The predicted octanol–water partition coefficient (Wildman–Crippen LogP) is 2.12. The largest absolute Gasteiger partial charge is 0.496 e. The number of sulfone groups is 1. The van der Waals surface area contributed by atoms with Gasteiger partial charge in [0.1, 0.15) is 18.1 Å². The van der Waals surface area contributed by atoms with Crippen LogP contribution in [-0.4, -0.2) is 59.5 Å². The van der Waals surface area contributed by atoms with Gasteiger partial charge in [-0.05, 0) is 24.3 Å². The summed E-state index contributed by atoms with van der Waals surface area (Å²) in [4.78, 5) is 2.64. The number of hydrogen-bond acceptors (Lipinski definition) is 6. The molecule has 6 nitrogen and oxygen atoms in total. The molecule has 0 amide bonds. The van der Waals surface area contributed by atoms with Gasteiger partial charge in [0.15, 0.2) is 9.84 Å². The van der Waals surface area contributed by atoms with Gasteiger partial charge < -0.3 is 14.8 Å². The van der Waals surface area contributed by atoms with Gasteiger partial charge >= 0.3 is 0 Å². The first-order valence-corrected chi connectivity index (χ1v) is 10.9. The molecule has 0 bridgehead atoms. The van der Waals surface area contributed by atoms with Gasteiger partial charge in [0.2, 0.25) is 0 Å². The lowest BCUT2D eigenvalue weighted by Crippen LogP contribution is -2.47. The summed E-state index contributed by atoms with van der Waals surface area (Å²) in [6.07, 6.45) is 1.20. The molecule has 2 aromatic carbocycles. The van der Waals surface area contributed by atoms with Crippen LogP contribution >= 0.6 is 0 Å². The van der Waals surface area contributed by atoms with Crippen molar-refractivity contribution in [2.45, 2.75) is 10.9 Å². The van der Waals surface area contributed by atoms with E-state index in [0.717, 1.165) is 37.5 Å². The first-order valence-electron chi connectivity index (χ1n) is 8.99. The highest BCUT2D eigenvalue weighted by Gasteiger charge is 2.25. The minimum absolute atomic E-state index is 0.209. The van der Waals surface area contributed by atoms with Crippen LogP contribution in [0.15, 0.2) is 53.4 Å². The Hall–Kier alpha value is -2.09. The zero-order valence-electron chi connectivity index (χ0n) is 15.7. The highest BCUT2D eigenvalue weighted by Crippen LogP contribution is 2.30. The van der Waals surface area contributed by atoms with Gasteiger partial charge in [-0.2, -0.15) is 0 Å². The number of hydrogen-bond donors (Lipinski definition) is 1. The van der Waals surface area contributed by atoms with Crippen molar-refractivity contribution >= 4 is 9.84 Å². The van der Waals surface area contributed by atoms with Crippen LogP contribution < -0.4 is 14.8 Å². The molecule has 1 atom stereocenters. The van der Waals surface area contributed by atoms with Crippen molar-refractivity contribution in [3.8, 4) is 11.5 Å². The van der Waals surface area contributed by atoms with Crippen molar-refractivity contribution in [1.29, 1.82) is 0 Å². The first kappa shape index (κ1) is 19.7. The second-order valence-electron chi connectivity index (χ2n) is 6.59. The van der Waals surface area contributed by atoms with E-state index in [4.69, 9.17) is 9.47 Å². The summed E-state index contributed by atoms with van der Waals surface area (Å²) < 4.78 is 34.7. The molecule has 1 saturated heterocycles. The quantitative estimate of drug-likeness (QED) is 0.781. The molecule has 2 aromatic rings. The van der Waals surface area contributed by atoms with Crippen LogP contribution in [0.3, 0.4) is 0 Å². The molecule has 1 aliphatic rings. The lowest BCUT2D eigenvalue weighted by Gasteiger charge is -2.36. The fourth-order valence-corrected chi connectivity index (χ4v) is 3.99. The van der Waals surface area contributed by atoms with E-state index in [-0.39, 0.29) is 10.9 Å². The maximum Gasteiger partial charge on any atom is 0.175 e. The highest BCUT2D eigenvalue weighted by molar-refractivity contribution is 7.90. The smallest absolute Gasteiger partial charge is 0.175 e. The molecule has 1 heterocycles. The fraction of sp³-hybridized carbons (Fsp3) is 0.400. The molecule has 0 spiro atoms. The standard InChI is InChI=1S/C20H26N2O4S/c1-25-20-9-4-3-8-18(20)19-15-21-10-11-22(19)12-13-26-16-6-5-7-17(14-16)27(2,23)24/h3-9,14,19,21H,10-13,15H2,1-2H3. The Morgan fingerprint density at radius 1 is 1.19 bits per heavy atom. The second kappa shape index (κ2) is 8.73. The van der Waals surface area contributed by atoms with Crippen molar-refractivity contribution in [1.82, 2.24) is 10.2 Å². The van der Waals surface area contributed by atoms with E-state index in [1.54, 1.807) is 31.4 Å². The monoisotopic (exact) mass is 390 g/mol. The van der Waals surface area contributed by atoms with Crippen LogP contribution in [-0.2, 0) is 9.84 Å². The van der Waals surface area contributed by atoms with E-state index in [9.17, 15) is 8.42 Å². The SMILES string of the molecule is COc1ccccc1C1CNCCN1CCOc1cccc(S(C)(=O)=O)c1. The van der Waals surface area contributed by atoms with E-state index < -0.39 is 9.84 Å². The number of rotatable bonds is 7. The molecule has 27 heavy (non-hydrogen) atoms. The molecule has 7 heteroatoms. The first-order chi connectivity index (χ1) is 13.0. The summed E-state index contributed by atoms with van der Waals surface area (Å²) in [6, 6.07) is 14.9. The molecule has 0 saturated carbocycles. The maximum absolute atomic E-state index is 11.7. The van der Waals surface area contributed by atoms with Crippen molar-refractivity contribution < 1.29 is 17.9 Å². The number of benzene rings is 2.